The number of amides is 3. The predicted octanol–water partition coefficient (Wildman–Crippen LogP) is 3.43. The van der Waals surface area contributed by atoms with Gasteiger partial charge in [0.05, 0.1) is 16.6 Å². The average molecular weight is 593 g/mol. The summed E-state index contributed by atoms with van der Waals surface area (Å²) in [5.74, 6) is -0.591. The number of ether oxygens (including phenoxy) is 1. The van der Waals surface area contributed by atoms with Gasteiger partial charge in [-0.25, -0.2) is 0 Å². The van der Waals surface area contributed by atoms with Crippen molar-refractivity contribution < 1.29 is 29.0 Å². The highest BCUT2D eigenvalue weighted by atomic mass is 35.5. The van der Waals surface area contributed by atoms with Gasteiger partial charge < -0.3 is 30.4 Å². The number of rotatable bonds is 9. The SMILES string of the molecule is O=C(CO)C(C[C@@H]1CCNC1=O)NC(=O)[C@@H]1[C@H]2CCC[C@H]2CN1C(=O)c1cc2c(Cl)cc(Oc3ccccc3)cc2[nH]1. The van der Waals surface area contributed by atoms with E-state index in [-0.39, 0.29) is 30.1 Å². The molecule has 1 aliphatic carbocycles. The Bertz CT molecular complexity index is 1520. The van der Waals surface area contributed by atoms with Crippen LogP contribution in [0.4, 0.5) is 0 Å². The first-order valence-electron chi connectivity index (χ1n) is 14.4. The van der Waals surface area contributed by atoms with Gasteiger partial charge in [-0.3, -0.25) is 19.2 Å². The fourth-order valence-corrected chi connectivity index (χ4v) is 7.03. The summed E-state index contributed by atoms with van der Waals surface area (Å²) in [5.41, 5.74) is 0.924. The first-order chi connectivity index (χ1) is 20.3. The Kier molecular flexibility index (Phi) is 7.92. The summed E-state index contributed by atoms with van der Waals surface area (Å²) >= 11 is 6.57. The van der Waals surface area contributed by atoms with Gasteiger partial charge in [0.2, 0.25) is 11.8 Å². The number of ketones is 1. The minimum atomic E-state index is -1.01. The maximum Gasteiger partial charge on any atom is 0.271 e. The highest BCUT2D eigenvalue weighted by Gasteiger charge is 2.50. The third-order valence-corrected chi connectivity index (χ3v) is 9.15. The van der Waals surface area contributed by atoms with E-state index in [0.29, 0.717) is 52.6 Å². The smallest absolute Gasteiger partial charge is 0.271 e. The number of aliphatic hydroxyl groups is 1. The van der Waals surface area contributed by atoms with Crippen LogP contribution in [0.25, 0.3) is 10.9 Å². The lowest BCUT2D eigenvalue weighted by atomic mass is 9.92. The van der Waals surface area contributed by atoms with Crippen LogP contribution in [0.2, 0.25) is 5.02 Å². The van der Waals surface area contributed by atoms with Crippen molar-refractivity contribution in [3.05, 3.63) is 59.2 Å². The van der Waals surface area contributed by atoms with E-state index in [4.69, 9.17) is 16.3 Å². The van der Waals surface area contributed by atoms with Crippen LogP contribution in [-0.4, -0.2) is 70.3 Å². The fourth-order valence-electron chi connectivity index (χ4n) is 6.77. The Morgan fingerprint density at radius 1 is 1.10 bits per heavy atom. The van der Waals surface area contributed by atoms with E-state index < -0.39 is 36.3 Å². The summed E-state index contributed by atoms with van der Waals surface area (Å²) in [4.78, 5) is 57.2. The highest BCUT2D eigenvalue weighted by Crippen LogP contribution is 2.43. The lowest BCUT2D eigenvalue weighted by Crippen LogP contribution is -2.53. The molecule has 2 aliphatic heterocycles. The van der Waals surface area contributed by atoms with Crippen LogP contribution in [-0.2, 0) is 14.4 Å². The number of likely N-dealkylation sites (tertiary alicyclic amines) is 1. The number of nitrogens with zero attached hydrogens (tertiary/aromatic N) is 1. The van der Waals surface area contributed by atoms with Crippen LogP contribution in [0.5, 0.6) is 11.5 Å². The lowest BCUT2D eigenvalue weighted by molar-refractivity contribution is -0.133. The van der Waals surface area contributed by atoms with Crippen molar-refractivity contribution in [1.82, 2.24) is 20.5 Å². The van der Waals surface area contributed by atoms with Gasteiger partial charge in [-0.1, -0.05) is 36.2 Å². The minimum Gasteiger partial charge on any atom is -0.457 e. The van der Waals surface area contributed by atoms with Crippen LogP contribution in [0.3, 0.4) is 0 Å². The molecule has 2 aromatic carbocycles. The Labute approximate surface area is 247 Å². The molecule has 5 atom stereocenters. The van der Waals surface area contributed by atoms with Crippen LogP contribution in [0.15, 0.2) is 48.5 Å². The second-order valence-corrected chi connectivity index (χ2v) is 11.8. The normalized spacial score (nSPS) is 24.0. The topological polar surface area (TPSA) is 141 Å². The summed E-state index contributed by atoms with van der Waals surface area (Å²) < 4.78 is 5.93. The van der Waals surface area contributed by atoms with E-state index in [2.05, 4.69) is 15.6 Å². The Balaban J connectivity index is 1.24. The molecule has 3 heterocycles. The number of carbonyl (C=O) groups is 4. The summed E-state index contributed by atoms with van der Waals surface area (Å²) in [6.07, 6.45) is 3.35. The van der Waals surface area contributed by atoms with Crippen LogP contribution in [0, 0.1) is 17.8 Å². The van der Waals surface area contributed by atoms with E-state index in [1.54, 1.807) is 23.1 Å². The number of hydrogen-bond donors (Lipinski definition) is 4. The van der Waals surface area contributed by atoms with Gasteiger partial charge in [-0.15, -0.1) is 0 Å². The number of carbonyl (C=O) groups excluding carboxylic acids is 4. The van der Waals surface area contributed by atoms with E-state index >= 15 is 0 Å². The van der Waals surface area contributed by atoms with Crippen molar-refractivity contribution in [3.63, 3.8) is 0 Å². The van der Waals surface area contributed by atoms with E-state index in [0.717, 1.165) is 19.3 Å². The molecule has 0 radical (unpaired) electrons. The highest BCUT2D eigenvalue weighted by molar-refractivity contribution is 6.35. The monoisotopic (exact) mass is 592 g/mol. The van der Waals surface area contributed by atoms with E-state index in [1.807, 2.05) is 30.3 Å². The maximum absolute atomic E-state index is 13.9. The zero-order valence-electron chi connectivity index (χ0n) is 23.0. The number of fused-ring (bicyclic) bond motifs is 2. The van der Waals surface area contributed by atoms with Gasteiger partial charge in [-0.05, 0) is 55.7 Å². The van der Waals surface area contributed by atoms with Gasteiger partial charge >= 0.3 is 0 Å². The molecule has 10 nitrogen and oxygen atoms in total. The van der Waals surface area contributed by atoms with Crippen molar-refractivity contribution in [2.75, 3.05) is 19.7 Å². The average Bonchev–Trinajstić information content (AvgIpc) is 3.77. The molecule has 3 fully saturated rings. The number of hydrogen-bond acceptors (Lipinski definition) is 6. The van der Waals surface area contributed by atoms with Crippen molar-refractivity contribution in [2.24, 2.45) is 17.8 Å². The van der Waals surface area contributed by atoms with Crippen LogP contribution >= 0.6 is 11.6 Å². The molecule has 42 heavy (non-hydrogen) atoms. The molecule has 11 heteroatoms. The number of benzene rings is 2. The van der Waals surface area contributed by atoms with E-state index in [1.165, 1.54) is 0 Å². The molecule has 3 amide bonds. The second kappa shape index (κ2) is 11.8. The third-order valence-electron chi connectivity index (χ3n) is 8.83. The molecule has 4 N–H and O–H groups in total. The predicted molar refractivity (Wildman–Crippen MR) is 155 cm³/mol. The summed E-state index contributed by atoms with van der Waals surface area (Å²) in [5, 5.41) is 16.2. The molecule has 6 rings (SSSR count). The quantitative estimate of drug-likeness (QED) is 0.300. The number of para-hydroxylation sites is 1. The molecule has 3 aromatic rings. The molecule has 0 bridgehead atoms. The summed E-state index contributed by atoms with van der Waals surface area (Å²) in [7, 11) is 0. The van der Waals surface area contributed by atoms with Gasteiger partial charge in [0.15, 0.2) is 5.78 Å². The molecule has 220 valence electrons. The van der Waals surface area contributed by atoms with Crippen molar-refractivity contribution in [1.29, 1.82) is 0 Å². The van der Waals surface area contributed by atoms with Gasteiger partial charge in [0, 0.05) is 36.5 Å². The van der Waals surface area contributed by atoms with Gasteiger partial charge in [0.25, 0.3) is 5.91 Å². The Morgan fingerprint density at radius 3 is 2.64 bits per heavy atom. The minimum absolute atomic E-state index is 0.0348. The number of Topliss-reactive ketones (excluding diaryl/α,β-unsaturated/α-hetero) is 1. The van der Waals surface area contributed by atoms with Crippen LogP contribution in [0.1, 0.15) is 42.6 Å². The number of aliphatic hydroxyl groups excluding tert-OH is 1. The molecule has 1 saturated carbocycles. The number of aromatic amines is 1. The molecule has 3 aliphatic rings. The van der Waals surface area contributed by atoms with Gasteiger partial charge in [0.1, 0.15) is 29.8 Å². The summed E-state index contributed by atoms with van der Waals surface area (Å²) in [6, 6.07) is 12.7. The van der Waals surface area contributed by atoms with Crippen molar-refractivity contribution in [2.45, 2.75) is 44.2 Å². The zero-order chi connectivity index (χ0) is 29.4. The molecule has 0 spiro atoms. The molecule has 1 aromatic heterocycles. The van der Waals surface area contributed by atoms with Crippen molar-refractivity contribution >= 4 is 46.0 Å². The Morgan fingerprint density at radius 2 is 1.90 bits per heavy atom. The maximum atomic E-state index is 13.9. The molecule has 1 unspecified atom stereocenters. The fraction of sp³-hybridized carbons (Fsp3) is 0.419. The number of aromatic nitrogens is 1. The first-order valence-corrected chi connectivity index (χ1v) is 14.8. The standard InChI is InChI=1S/C31H33ClN4O6/c32-23-12-20(42-19-6-2-1-3-7-19)13-24-22(23)14-26(34-24)31(41)36-15-18-5-4-8-21(18)28(36)30(40)35-25(27(38)16-37)11-17-9-10-33-29(17)39/h1-3,6-7,12-14,17-18,21,25,28,34,37H,4-5,8-11,15-16H2,(H,33,39)(H,35,40)/t17-,18-,21-,25?,28-/m0/s1. The number of halogens is 1. The molecule has 2 saturated heterocycles. The molecular weight excluding hydrogens is 560 g/mol. The summed E-state index contributed by atoms with van der Waals surface area (Å²) in [6.45, 7) is 0.196. The number of nitrogens with one attached hydrogen (secondary N) is 3. The first kappa shape index (κ1) is 28.2. The van der Waals surface area contributed by atoms with Gasteiger partial charge in [-0.2, -0.15) is 0 Å². The van der Waals surface area contributed by atoms with E-state index in [9.17, 15) is 24.3 Å². The third kappa shape index (κ3) is 5.48. The molecular formula is C31H33ClN4O6. The Hall–Kier alpha value is -3.89. The number of H-pyrrole nitrogens is 1. The zero-order valence-corrected chi connectivity index (χ0v) is 23.7. The van der Waals surface area contributed by atoms with Crippen LogP contribution < -0.4 is 15.4 Å². The second-order valence-electron chi connectivity index (χ2n) is 11.4. The lowest BCUT2D eigenvalue weighted by Gasteiger charge is -2.29. The largest absolute Gasteiger partial charge is 0.457 e. The van der Waals surface area contributed by atoms with Crippen molar-refractivity contribution in [3.8, 4) is 11.5 Å².